The number of piperidine rings is 1. The lowest BCUT2D eigenvalue weighted by Gasteiger charge is -2.32. The normalized spacial score (nSPS) is 20.4. The van der Waals surface area contributed by atoms with Crippen molar-refractivity contribution < 1.29 is 9.59 Å². The predicted octanol–water partition coefficient (Wildman–Crippen LogP) is 2.92. The molecule has 1 aliphatic rings. The van der Waals surface area contributed by atoms with E-state index in [1.54, 1.807) is 11.8 Å². The Labute approximate surface area is 126 Å². The van der Waals surface area contributed by atoms with Gasteiger partial charge < -0.3 is 4.90 Å². The lowest BCUT2D eigenvalue weighted by molar-refractivity contribution is -0.135. The number of amides is 1. The van der Waals surface area contributed by atoms with E-state index in [0.29, 0.717) is 13.0 Å². The molecule has 1 aliphatic heterocycles. The Balaban J connectivity index is 2.26. The fraction of sp³-hybridized carbons (Fsp3) is 0.400. The van der Waals surface area contributed by atoms with Crippen LogP contribution < -0.4 is 4.90 Å². The number of hydrogen-bond acceptors (Lipinski definition) is 3. The Morgan fingerprint density at radius 2 is 2.20 bits per heavy atom. The predicted molar refractivity (Wildman–Crippen MR) is 79.0 cm³/mol. The Morgan fingerprint density at radius 3 is 2.85 bits per heavy atom. The van der Waals surface area contributed by atoms with Crippen molar-refractivity contribution in [2.24, 2.45) is 11.8 Å². The molecule has 1 aromatic rings. The molecule has 0 spiro atoms. The van der Waals surface area contributed by atoms with E-state index in [-0.39, 0.29) is 11.7 Å². The third-order valence-corrected chi connectivity index (χ3v) is 4.22. The number of nitrogens with zero attached hydrogens (tertiary/aromatic N) is 2. The van der Waals surface area contributed by atoms with Gasteiger partial charge in [-0.25, -0.2) is 0 Å². The van der Waals surface area contributed by atoms with Crippen molar-refractivity contribution in [3.8, 4) is 6.07 Å². The lowest BCUT2D eigenvalue weighted by atomic mass is 9.87. The Hall–Kier alpha value is -1.67. The van der Waals surface area contributed by atoms with E-state index in [9.17, 15) is 9.59 Å². The van der Waals surface area contributed by atoms with Crippen molar-refractivity contribution >= 4 is 33.3 Å². The molecule has 0 unspecified atom stereocenters. The Morgan fingerprint density at radius 1 is 1.50 bits per heavy atom. The molecular formula is C15H15BrN2O2. The number of halogens is 1. The molecule has 5 heteroatoms. The summed E-state index contributed by atoms with van der Waals surface area (Å²) in [5.41, 5.74) is 0.777. The van der Waals surface area contributed by atoms with E-state index in [1.807, 2.05) is 30.3 Å². The van der Waals surface area contributed by atoms with Crippen molar-refractivity contribution in [3.63, 3.8) is 0 Å². The smallest absolute Gasteiger partial charge is 0.237 e. The molecule has 2 atom stereocenters. The summed E-state index contributed by atoms with van der Waals surface area (Å²) in [4.78, 5) is 26.3. The molecule has 1 saturated heterocycles. The summed E-state index contributed by atoms with van der Waals surface area (Å²) >= 11 is 3.43. The quantitative estimate of drug-likeness (QED) is 0.798. The fourth-order valence-corrected chi connectivity index (χ4v) is 2.91. The van der Waals surface area contributed by atoms with Gasteiger partial charge in [-0.1, -0.05) is 12.1 Å². The first-order chi connectivity index (χ1) is 9.56. The summed E-state index contributed by atoms with van der Waals surface area (Å²) < 4.78 is 0.829. The molecule has 0 radical (unpaired) electrons. The molecule has 0 N–H and O–H groups in total. The molecule has 0 aromatic heterocycles. The van der Waals surface area contributed by atoms with Gasteiger partial charge in [0.1, 0.15) is 5.92 Å². The van der Waals surface area contributed by atoms with Gasteiger partial charge in [0.15, 0.2) is 5.78 Å². The van der Waals surface area contributed by atoms with Gasteiger partial charge in [-0.05, 0) is 47.8 Å². The van der Waals surface area contributed by atoms with E-state index in [2.05, 4.69) is 15.9 Å². The highest BCUT2D eigenvalue weighted by Crippen LogP contribution is 2.31. The average molecular weight is 335 g/mol. The van der Waals surface area contributed by atoms with E-state index in [1.165, 1.54) is 0 Å². The maximum atomic E-state index is 12.5. The number of benzene rings is 1. The van der Waals surface area contributed by atoms with Crippen LogP contribution in [0.1, 0.15) is 19.8 Å². The summed E-state index contributed by atoms with van der Waals surface area (Å²) in [5.74, 6) is -1.89. The first-order valence-corrected chi connectivity index (χ1v) is 7.34. The first-order valence-electron chi connectivity index (χ1n) is 6.55. The van der Waals surface area contributed by atoms with Crippen LogP contribution in [-0.4, -0.2) is 18.2 Å². The van der Waals surface area contributed by atoms with Gasteiger partial charge in [-0.2, -0.15) is 5.26 Å². The second-order valence-electron chi connectivity index (χ2n) is 4.89. The number of anilines is 1. The Bertz CT molecular complexity index is 579. The van der Waals surface area contributed by atoms with Gasteiger partial charge in [0, 0.05) is 11.0 Å². The van der Waals surface area contributed by atoms with Gasteiger partial charge >= 0.3 is 0 Å². The molecule has 0 saturated carbocycles. The standard InChI is InChI=1S/C15H15BrN2O2/c1-10(9-17)14(19)11-5-4-8-18(15(11)20)13-7-3-2-6-12(13)16/h2-3,6-7,10-11H,4-5,8H2,1H3/t10-,11-/m0/s1. The number of ketones is 1. The highest BCUT2D eigenvalue weighted by atomic mass is 79.9. The monoisotopic (exact) mass is 334 g/mol. The van der Waals surface area contributed by atoms with Crippen LogP contribution in [0.4, 0.5) is 5.69 Å². The molecule has 1 heterocycles. The second kappa shape index (κ2) is 6.19. The fourth-order valence-electron chi connectivity index (χ4n) is 2.41. The topological polar surface area (TPSA) is 61.2 Å². The van der Waals surface area contributed by atoms with Crippen LogP contribution in [0.2, 0.25) is 0 Å². The van der Waals surface area contributed by atoms with Gasteiger partial charge in [0.25, 0.3) is 0 Å². The second-order valence-corrected chi connectivity index (χ2v) is 5.74. The molecule has 4 nitrogen and oxygen atoms in total. The summed E-state index contributed by atoms with van der Waals surface area (Å²) in [6.45, 7) is 2.15. The molecule has 104 valence electrons. The third kappa shape index (κ3) is 2.75. The van der Waals surface area contributed by atoms with E-state index in [0.717, 1.165) is 16.6 Å². The minimum Gasteiger partial charge on any atom is -0.311 e. The molecule has 0 aliphatic carbocycles. The van der Waals surface area contributed by atoms with Crippen molar-refractivity contribution in [3.05, 3.63) is 28.7 Å². The van der Waals surface area contributed by atoms with Crippen LogP contribution in [0, 0.1) is 23.2 Å². The van der Waals surface area contributed by atoms with E-state index < -0.39 is 11.8 Å². The highest BCUT2D eigenvalue weighted by molar-refractivity contribution is 9.10. The maximum Gasteiger partial charge on any atom is 0.237 e. The van der Waals surface area contributed by atoms with Crippen molar-refractivity contribution in [1.82, 2.24) is 0 Å². The molecule has 1 amide bonds. The number of Topliss-reactive ketones (excluding diaryl/α,β-unsaturated/α-hetero) is 1. The average Bonchev–Trinajstić information content (AvgIpc) is 2.47. The summed E-state index contributed by atoms with van der Waals surface area (Å²) in [5, 5.41) is 8.85. The minimum absolute atomic E-state index is 0.199. The van der Waals surface area contributed by atoms with Crippen molar-refractivity contribution in [1.29, 1.82) is 5.26 Å². The van der Waals surface area contributed by atoms with Crippen molar-refractivity contribution in [2.75, 3.05) is 11.4 Å². The molecule has 1 aromatic carbocycles. The number of carbonyl (C=O) groups excluding carboxylic acids is 2. The van der Waals surface area contributed by atoms with Gasteiger partial charge in [0.2, 0.25) is 5.91 Å². The summed E-state index contributed by atoms with van der Waals surface area (Å²) in [7, 11) is 0. The van der Waals surface area contributed by atoms with Crippen LogP contribution >= 0.6 is 15.9 Å². The highest BCUT2D eigenvalue weighted by Gasteiger charge is 2.37. The number of carbonyl (C=O) groups is 2. The lowest BCUT2D eigenvalue weighted by Crippen LogP contribution is -2.45. The van der Waals surface area contributed by atoms with Crippen molar-refractivity contribution in [2.45, 2.75) is 19.8 Å². The summed E-state index contributed by atoms with van der Waals surface area (Å²) in [6.07, 6.45) is 1.30. The first kappa shape index (κ1) is 14.7. The third-order valence-electron chi connectivity index (χ3n) is 3.55. The van der Waals surface area contributed by atoms with E-state index >= 15 is 0 Å². The van der Waals surface area contributed by atoms with Crippen LogP contribution in [0.15, 0.2) is 28.7 Å². The van der Waals surface area contributed by atoms with Crippen LogP contribution in [-0.2, 0) is 9.59 Å². The molecule has 1 fully saturated rings. The summed E-state index contributed by atoms with van der Waals surface area (Å²) in [6, 6.07) is 9.37. The number of rotatable bonds is 3. The number of hydrogen-bond donors (Lipinski definition) is 0. The molecule has 2 rings (SSSR count). The van der Waals surface area contributed by atoms with Crippen LogP contribution in [0.25, 0.3) is 0 Å². The molecular weight excluding hydrogens is 320 g/mol. The van der Waals surface area contributed by atoms with Gasteiger partial charge in [0.05, 0.1) is 17.7 Å². The molecule has 20 heavy (non-hydrogen) atoms. The zero-order chi connectivity index (χ0) is 14.7. The zero-order valence-corrected chi connectivity index (χ0v) is 12.8. The van der Waals surface area contributed by atoms with E-state index in [4.69, 9.17) is 5.26 Å². The van der Waals surface area contributed by atoms with Crippen LogP contribution in [0.3, 0.4) is 0 Å². The molecule has 0 bridgehead atoms. The van der Waals surface area contributed by atoms with Gasteiger partial charge in [-0.15, -0.1) is 0 Å². The van der Waals surface area contributed by atoms with Gasteiger partial charge in [-0.3, -0.25) is 9.59 Å². The minimum atomic E-state index is -0.733. The Kier molecular flexibility index (Phi) is 4.56. The SMILES string of the molecule is C[C@@H](C#N)C(=O)[C@@H]1CCCN(c2ccccc2Br)C1=O. The number of para-hydroxylation sites is 1. The zero-order valence-electron chi connectivity index (χ0n) is 11.2. The van der Waals surface area contributed by atoms with Crippen LogP contribution in [0.5, 0.6) is 0 Å². The number of nitriles is 1. The maximum absolute atomic E-state index is 12.5. The largest absolute Gasteiger partial charge is 0.311 e.